The Hall–Kier alpha value is -1.33. The van der Waals surface area contributed by atoms with Gasteiger partial charge in [-0.15, -0.1) is 11.8 Å². The lowest BCUT2D eigenvalue weighted by Crippen LogP contribution is -2.41. The molecule has 0 bridgehead atoms. The van der Waals surface area contributed by atoms with Crippen LogP contribution in [0.15, 0.2) is 40.1 Å². The van der Waals surface area contributed by atoms with Gasteiger partial charge in [-0.05, 0) is 18.1 Å². The molecule has 2 heterocycles. The smallest absolute Gasteiger partial charge is 0.213 e. The summed E-state index contributed by atoms with van der Waals surface area (Å²) in [5.41, 5.74) is 6.93. The standard InChI is InChI=1S/C11H11N3OS/c12-11(10-13-7-15-14-10)5-6-16-9-4-2-1-3-8(9)11/h1-4,7H,5-6,12H2. The number of fused-ring (bicyclic) bond motifs is 1. The molecule has 16 heavy (non-hydrogen) atoms. The second-order valence-electron chi connectivity index (χ2n) is 3.82. The van der Waals surface area contributed by atoms with E-state index in [1.807, 2.05) is 30.0 Å². The second kappa shape index (κ2) is 3.61. The molecule has 0 radical (unpaired) electrons. The molecule has 1 atom stereocenters. The Kier molecular flexibility index (Phi) is 2.22. The third-order valence-electron chi connectivity index (χ3n) is 2.88. The van der Waals surface area contributed by atoms with E-state index in [1.54, 1.807) is 0 Å². The molecule has 0 saturated heterocycles. The Balaban J connectivity index is 2.17. The van der Waals surface area contributed by atoms with Crippen LogP contribution in [0, 0.1) is 0 Å². The molecule has 3 rings (SSSR count). The lowest BCUT2D eigenvalue weighted by atomic mass is 9.87. The summed E-state index contributed by atoms with van der Waals surface area (Å²) in [5.74, 6) is 1.54. The van der Waals surface area contributed by atoms with Gasteiger partial charge in [-0.2, -0.15) is 4.98 Å². The SMILES string of the molecule is NC1(c2ncon2)CCSc2ccccc21. The van der Waals surface area contributed by atoms with Crippen LogP contribution in [0.25, 0.3) is 0 Å². The molecule has 0 spiro atoms. The molecule has 1 aromatic carbocycles. The van der Waals surface area contributed by atoms with Crippen molar-refractivity contribution in [3.63, 3.8) is 0 Å². The van der Waals surface area contributed by atoms with Crippen LogP contribution in [0.4, 0.5) is 0 Å². The molecule has 1 unspecified atom stereocenters. The van der Waals surface area contributed by atoms with Crippen molar-refractivity contribution in [1.82, 2.24) is 10.1 Å². The average molecular weight is 233 g/mol. The van der Waals surface area contributed by atoms with Crippen molar-refractivity contribution in [2.75, 3.05) is 5.75 Å². The highest BCUT2D eigenvalue weighted by Gasteiger charge is 2.38. The summed E-state index contributed by atoms with van der Waals surface area (Å²) in [7, 11) is 0. The molecule has 1 aliphatic rings. The molecular formula is C11H11N3OS. The highest BCUT2D eigenvalue weighted by molar-refractivity contribution is 7.99. The minimum absolute atomic E-state index is 0.570. The van der Waals surface area contributed by atoms with Crippen molar-refractivity contribution in [2.45, 2.75) is 16.9 Å². The van der Waals surface area contributed by atoms with E-state index in [2.05, 4.69) is 16.2 Å². The molecule has 82 valence electrons. The maximum Gasteiger partial charge on any atom is 0.213 e. The van der Waals surface area contributed by atoms with Gasteiger partial charge in [0, 0.05) is 10.6 Å². The highest BCUT2D eigenvalue weighted by Crippen LogP contribution is 2.41. The van der Waals surface area contributed by atoms with E-state index < -0.39 is 5.54 Å². The lowest BCUT2D eigenvalue weighted by molar-refractivity contribution is 0.382. The summed E-state index contributed by atoms with van der Waals surface area (Å²) < 4.78 is 4.80. The van der Waals surface area contributed by atoms with E-state index in [9.17, 15) is 0 Å². The molecule has 2 aromatic rings. The molecule has 0 amide bonds. The van der Waals surface area contributed by atoms with Crippen LogP contribution < -0.4 is 5.73 Å². The summed E-state index contributed by atoms with van der Waals surface area (Å²) in [4.78, 5) is 5.31. The van der Waals surface area contributed by atoms with Crippen molar-refractivity contribution < 1.29 is 4.52 Å². The highest BCUT2D eigenvalue weighted by atomic mass is 32.2. The fourth-order valence-electron chi connectivity index (χ4n) is 2.02. The number of hydrogen-bond donors (Lipinski definition) is 1. The fourth-order valence-corrected chi connectivity index (χ4v) is 3.24. The minimum atomic E-state index is -0.602. The van der Waals surface area contributed by atoms with E-state index >= 15 is 0 Å². The Morgan fingerprint density at radius 2 is 2.25 bits per heavy atom. The maximum atomic E-state index is 6.44. The topological polar surface area (TPSA) is 64.9 Å². The van der Waals surface area contributed by atoms with Gasteiger partial charge in [0.15, 0.2) is 5.82 Å². The number of hydrogen-bond acceptors (Lipinski definition) is 5. The number of benzene rings is 1. The first-order valence-corrected chi connectivity index (χ1v) is 6.07. The maximum absolute atomic E-state index is 6.44. The number of nitrogens with zero attached hydrogens (tertiary/aromatic N) is 2. The normalized spacial score (nSPS) is 24.1. The Bertz CT molecular complexity index is 500. The van der Waals surface area contributed by atoms with E-state index in [4.69, 9.17) is 10.3 Å². The number of thioether (sulfide) groups is 1. The Morgan fingerprint density at radius 1 is 1.38 bits per heavy atom. The molecule has 0 aliphatic carbocycles. The number of rotatable bonds is 1. The summed E-state index contributed by atoms with van der Waals surface area (Å²) in [6, 6.07) is 8.14. The van der Waals surface area contributed by atoms with Gasteiger partial charge < -0.3 is 10.3 Å². The molecule has 2 N–H and O–H groups in total. The van der Waals surface area contributed by atoms with Crippen LogP contribution in [-0.4, -0.2) is 15.9 Å². The Morgan fingerprint density at radius 3 is 3.06 bits per heavy atom. The molecular weight excluding hydrogens is 222 g/mol. The van der Waals surface area contributed by atoms with Crippen LogP contribution in [0.5, 0.6) is 0 Å². The van der Waals surface area contributed by atoms with Gasteiger partial charge >= 0.3 is 0 Å². The first-order chi connectivity index (χ1) is 7.81. The van der Waals surface area contributed by atoms with Crippen molar-refractivity contribution >= 4 is 11.8 Å². The van der Waals surface area contributed by atoms with Gasteiger partial charge in [0.05, 0.1) is 0 Å². The zero-order chi connectivity index (χ0) is 11.0. The van der Waals surface area contributed by atoms with Gasteiger partial charge in [0.2, 0.25) is 6.39 Å². The zero-order valence-corrected chi connectivity index (χ0v) is 9.41. The monoisotopic (exact) mass is 233 g/mol. The average Bonchev–Trinajstić information content (AvgIpc) is 2.84. The lowest BCUT2D eigenvalue weighted by Gasteiger charge is -2.32. The summed E-state index contributed by atoms with van der Waals surface area (Å²) in [5, 5.41) is 3.89. The summed E-state index contributed by atoms with van der Waals surface area (Å²) in [6.45, 7) is 0. The fraction of sp³-hybridized carbons (Fsp3) is 0.273. The van der Waals surface area contributed by atoms with Crippen LogP contribution >= 0.6 is 11.8 Å². The van der Waals surface area contributed by atoms with Crippen molar-refractivity contribution in [2.24, 2.45) is 5.73 Å². The third kappa shape index (κ3) is 1.36. The Labute approximate surface area is 97.2 Å². The van der Waals surface area contributed by atoms with Gasteiger partial charge in [0.25, 0.3) is 0 Å². The van der Waals surface area contributed by atoms with E-state index in [-0.39, 0.29) is 0 Å². The first-order valence-electron chi connectivity index (χ1n) is 5.09. The third-order valence-corrected chi connectivity index (χ3v) is 3.96. The molecule has 5 heteroatoms. The van der Waals surface area contributed by atoms with Crippen molar-refractivity contribution in [1.29, 1.82) is 0 Å². The molecule has 0 saturated carbocycles. The predicted molar refractivity (Wildman–Crippen MR) is 61.0 cm³/mol. The molecule has 1 aromatic heterocycles. The van der Waals surface area contributed by atoms with Crippen molar-refractivity contribution in [3.8, 4) is 0 Å². The second-order valence-corrected chi connectivity index (χ2v) is 4.96. The van der Waals surface area contributed by atoms with Gasteiger partial charge in [0.1, 0.15) is 5.54 Å². The van der Waals surface area contributed by atoms with Crippen molar-refractivity contribution in [3.05, 3.63) is 42.0 Å². The quantitative estimate of drug-likeness (QED) is 0.813. The molecule has 0 fully saturated rings. The van der Waals surface area contributed by atoms with Gasteiger partial charge in [-0.25, -0.2) is 0 Å². The van der Waals surface area contributed by atoms with Crippen LogP contribution in [0.3, 0.4) is 0 Å². The number of aromatic nitrogens is 2. The molecule has 4 nitrogen and oxygen atoms in total. The van der Waals surface area contributed by atoms with Gasteiger partial charge in [-0.3, -0.25) is 0 Å². The minimum Gasteiger partial charge on any atom is -0.343 e. The van der Waals surface area contributed by atoms with Gasteiger partial charge in [-0.1, -0.05) is 23.4 Å². The van der Waals surface area contributed by atoms with Crippen LogP contribution in [-0.2, 0) is 5.54 Å². The van der Waals surface area contributed by atoms with Crippen LogP contribution in [0.2, 0.25) is 0 Å². The largest absolute Gasteiger partial charge is 0.343 e. The zero-order valence-electron chi connectivity index (χ0n) is 8.59. The molecule has 1 aliphatic heterocycles. The summed E-state index contributed by atoms with van der Waals surface area (Å²) in [6.07, 6.45) is 2.16. The van der Waals surface area contributed by atoms with Crippen LogP contribution in [0.1, 0.15) is 17.8 Å². The van der Waals surface area contributed by atoms with E-state index in [0.717, 1.165) is 17.7 Å². The van der Waals surface area contributed by atoms with E-state index in [0.29, 0.717) is 5.82 Å². The first kappa shape index (κ1) is 9.86. The number of nitrogens with two attached hydrogens (primary N) is 1. The summed E-state index contributed by atoms with van der Waals surface area (Å²) >= 11 is 1.82. The predicted octanol–water partition coefficient (Wildman–Crippen LogP) is 1.77. The van der Waals surface area contributed by atoms with E-state index in [1.165, 1.54) is 11.3 Å².